The van der Waals surface area contributed by atoms with Gasteiger partial charge in [-0.25, -0.2) is 0 Å². The second-order valence-corrected chi connectivity index (χ2v) is 8.17. The molecule has 0 atom stereocenters. The Kier molecular flexibility index (Phi) is 2.41. The van der Waals surface area contributed by atoms with E-state index >= 15 is 0 Å². The lowest BCUT2D eigenvalue weighted by atomic mass is 10.0. The van der Waals surface area contributed by atoms with Gasteiger partial charge in [0.1, 0.15) is 0 Å². The van der Waals surface area contributed by atoms with Crippen molar-refractivity contribution in [3.8, 4) is 0 Å². The third kappa shape index (κ3) is 1.58. The third-order valence-corrected chi connectivity index (χ3v) is 6.40. The van der Waals surface area contributed by atoms with E-state index < -0.39 is 0 Å². The number of hydrogen-bond donors (Lipinski definition) is 1. The van der Waals surface area contributed by atoms with Crippen LogP contribution in [0, 0.1) is 0 Å². The zero-order chi connectivity index (χ0) is 17.7. The molecule has 0 saturated heterocycles. The Bertz CT molecular complexity index is 1680. The van der Waals surface area contributed by atoms with E-state index in [-0.39, 0.29) is 0 Å². The smallest absolute Gasteiger partial charge is 0.0641 e. The summed E-state index contributed by atoms with van der Waals surface area (Å²) in [6, 6.07) is 26.3. The highest BCUT2D eigenvalue weighted by Gasteiger charge is 2.21. The van der Waals surface area contributed by atoms with Crippen LogP contribution in [0.25, 0.3) is 59.9 Å². The fourth-order valence-corrected chi connectivity index (χ4v) is 5.21. The molecule has 1 N–H and O–H groups in total. The molecule has 0 aliphatic rings. The van der Waals surface area contributed by atoms with Crippen molar-refractivity contribution in [2.45, 2.75) is 0 Å². The van der Waals surface area contributed by atoms with Crippen molar-refractivity contribution in [3.05, 3.63) is 77.3 Å². The van der Waals surface area contributed by atoms with Gasteiger partial charge in [0, 0.05) is 42.3 Å². The fourth-order valence-electron chi connectivity index (χ4n) is 4.84. The molecule has 0 aliphatic carbocycles. The number of benzene rings is 4. The van der Waals surface area contributed by atoms with Crippen molar-refractivity contribution in [3.63, 3.8) is 0 Å². The molecule has 27 heavy (non-hydrogen) atoms. The van der Waals surface area contributed by atoms with Gasteiger partial charge in [-0.2, -0.15) is 0 Å². The Morgan fingerprint density at radius 3 is 2.26 bits per heavy atom. The van der Waals surface area contributed by atoms with Crippen LogP contribution in [0.2, 0.25) is 0 Å². The van der Waals surface area contributed by atoms with Crippen molar-refractivity contribution < 1.29 is 0 Å². The van der Waals surface area contributed by atoms with Crippen LogP contribution >= 0.6 is 15.9 Å². The average Bonchev–Trinajstić information content (AvgIpc) is 3.33. The summed E-state index contributed by atoms with van der Waals surface area (Å²) in [6.45, 7) is 0. The number of H-pyrrole nitrogens is 1. The van der Waals surface area contributed by atoms with Gasteiger partial charge in [0.25, 0.3) is 0 Å². The van der Waals surface area contributed by atoms with Gasteiger partial charge in [-0.05, 0) is 36.4 Å². The van der Waals surface area contributed by atoms with Crippen molar-refractivity contribution >= 4 is 75.8 Å². The van der Waals surface area contributed by atoms with E-state index in [1.807, 2.05) is 0 Å². The summed E-state index contributed by atoms with van der Waals surface area (Å²) < 4.78 is 3.53. The number of hydrogen-bond acceptors (Lipinski definition) is 0. The second kappa shape index (κ2) is 4.62. The van der Waals surface area contributed by atoms with Gasteiger partial charge in [0.15, 0.2) is 0 Å². The van der Waals surface area contributed by atoms with Crippen LogP contribution in [0.4, 0.5) is 0 Å². The summed E-state index contributed by atoms with van der Waals surface area (Å²) >= 11 is 3.64. The molecular formula is C24H13BrN2. The van der Waals surface area contributed by atoms with Crippen LogP contribution in [0.1, 0.15) is 0 Å². The molecule has 0 aliphatic heterocycles. The highest BCUT2D eigenvalue weighted by molar-refractivity contribution is 9.10. The molecule has 0 amide bonds. The van der Waals surface area contributed by atoms with Gasteiger partial charge in [0.2, 0.25) is 0 Å². The zero-order valence-corrected chi connectivity index (χ0v) is 15.8. The van der Waals surface area contributed by atoms with Crippen molar-refractivity contribution in [2.75, 3.05) is 0 Å². The molecule has 0 spiro atoms. The molecule has 0 unspecified atom stereocenters. The fraction of sp³-hybridized carbons (Fsp3) is 0. The van der Waals surface area contributed by atoms with Crippen LogP contribution in [0.3, 0.4) is 0 Å². The summed E-state index contributed by atoms with van der Waals surface area (Å²) in [5.41, 5.74) is 6.26. The lowest BCUT2D eigenvalue weighted by molar-refractivity contribution is 1.37. The van der Waals surface area contributed by atoms with E-state index in [4.69, 9.17) is 0 Å². The van der Waals surface area contributed by atoms with Gasteiger partial charge in [-0.3, -0.25) is 0 Å². The SMILES string of the molecule is Brc1ccc2[nH]c3c(cc4c5ccccc5n5c6ccccc6c3c45)c2c1. The zero-order valence-electron chi connectivity index (χ0n) is 14.3. The van der Waals surface area contributed by atoms with E-state index in [0.717, 1.165) is 4.47 Å². The van der Waals surface area contributed by atoms with Crippen molar-refractivity contribution in [1.29, 1.82) is 0 Å². The molecule has 4 aromatic carbocycles. The molecule has 0 bridgehead atoms. The Morgan fingerprint density at radius 2 is 1.41 bits per heavy atom. The number of aromatic nitrogens is 2. The minimum Gasteiger partial charge on any atom is -0.354 e. The molecule has 0 saturated carbocycles. The minimum atomic E-state index is 1.11. The first-order valence-electron chi connectivity index (χ1n) is 9.08. The average molecular weight is 409 g/mol. The van der Waals surface area contributed by atoms with Crippen molar-refractivity contribution in [2.24, 2.45) is 0 Å². The number of aromatic amines is 1. The largest absolute Gasteiger partial charge is 0.354 e. The van der Waals surface area contributed by atoms with E-state index in [1.165, 1.54) is 59.9 Å². The topological polar surface area (TPSA) is 20.2 Å². The maximum Gasteiger partial charge on any atom is 0.0641 e. The molecule has 0 fully saturated rings. The summed E-state index contributed by atoms with van der Waals surface area (Å²) in [5, 5.41) is 7.81. The first-order chi connectivity index (χ1) is 13.3. The van der Waals surface area contributed by atoms with Gasteiger partial charge in [-0.15, -0.1) is 0 Å². The molecule has 3 heteroatoms. The predicted octanol–water partition coefficient (Wildman–Crippen LogP) is 7.23. The maximum atomic E-state index is 3.70. The quantitative estimate of drug-likeness (QED) is 0.273. The second-order valence-electron chi connectivity index (χ2n) is 7.25. The lowest BCUT2D eigenvalue weighted by Gasteiger charge is -1.98. The standard InChI is InChI=1S/C24H13BrN2/c25-13-9-10-19-16(11-13)17-12-18-14-5-1-3-7-20(14)27-21-8-4-2-6-15(21)22(24(18)27)23(17)26-19/h1-12,26H. The first-order valence-corrected chi connectivity index (χ1v) is 9.87. The monoisotopic (exact) mass is 408 g/mol. The summed E-state index contributed by atoms with van der Waals surface area (Å²) in [4.78, 5) is 3.70. The van der Waals surface area contributed by atoms with Gasteiger partial charge in [-0.1, -0.05) is 52.3 Å². The first kappa shape index (κ1) is 14.1. The molecular weight excluding hydrogens is 396 g/mol. The number of nitrogens with one attached hydrogen (secondary N) is 1. The number of halogens is 1. The molecule has 3 heterocycles. The minimum absolute atomic E-state index is 1.11. The molecule has 3 aromatic heterocycles. The van der Waals surface area contributed by atoms with Crippen LogP contribution in [-0.2, 0) is 0 Å². The maximum absolute atomic E-state index is 3.70. The normalized spacial score (nSPS) is 12.6. The van der Waals surface area contributed by atoms with Gasteiger partial charge >= 0.3 is 0 Å². The molecule has 7 rings (SSSR count). The molecule has 0 radical (unpaired) electrons. The number of nitrogens with zero attached hydrogens (tertiary/aromatic N) is 1. The third-order valence-electron chi connectivity index (χ3n) is 5.90. The van der Waals surface area contributed by atoms with Crippen LogP contribution in [0.5, 0.6) is 0 Å². The van der Waals surface area contributed by atoms with Crippen molar-refractivity contribution in [1.82, 2.24) is 9.38 Å². The van der Waals surface area contributed by atoms with E-state index in [2.05, 4.69) is 98.1 Å². The lowest BCUT2D eigenvalue weighted by Crippen LogP contribution is -1.78. The summed E-state index contributed by atoms with van der Waals surface area (Å²) in [5.74, 6) is 0. The summed E-state index contributed by atoms with van der Waals surface area (Å²) in [7, 11) is 0. The van der Waals surface area contributed by atoms with Crippen LogP contribution in [-0.4, -0.2) is 9.38 Å². The van der Waals surface area contributed by atoms with Gasteiger partial charge in [0.05, 0.1) is 22.1 Å². The van der Waals surface area contributed by atoms with Crippen LogP contribution < -0.4 is 0 Å². The number of para-hydroxylation sites is 2. The van der Waals surface area contributed by atoms with E-state index in [0.29, 0.717) is 0 Å². The van der Waals surface area contributed by atoms with E-state index in [9.17, 15) is 0 Å². The Labute approximate surface area is 162 Å². The number of rotatable bonds is 0. The Morgan fingerprint density at radius 1 is 0.667 bits per heavy atom. The van der Waals surface area contributed by atoms with Gasteiger partial charge < -0.3 is 9.38 Å². The molecule has 7 aromatic rings. The predicted molar refractivity (Wildman–Crippen MR) is 118 cm³/mol. The molecule has 126 valence electrons. The number of fused-ring (bicyclic) bond motifs is 10. The van der Waals surface area contributed by atoms with E-state index in [1.54, 1.807) is 0 Å². The Hall–Kier alpha value is -3.04. The summed E-state index contributed by atoms with van der Waals surface area (Å²) in [6.07, 6.45) is 0. The highest BCUT2D eigenvalue weighted by Crippen LogP contribution is 2.44. The Balaban J connectivity index is 1.93. The molecule has 2 nitrogen and oxygen atoms in total. The van der Waals surface area contributed by atoms with Crippen LogP contribution in [0.15, 0.2) is 77.3 Å². The highest BCUT2D eigenvalue weighted by atomic mass is 79.9.